The maximum absolute atomic E-state index is 3.73. The van der Waals surface area contributed by atoms with Gasteiger partial charge >= 0.3 is 0 Å². The molecule has 2 saturated heterocycles. The molecule has 0 radical (unpaired) electrons. The van der Waals surface area contributed by atoms with Crippen molar-refractivity contribution in [3.05, 3.63) is 0 Å². The maximum Gasteiger partial charge on any atom is 0.0218 e. The van der Waals surface area contributed by atoms with E-state index in [4.69, 9.17) is 0 Å². The molecule has 3 rings (SSSR count). The van der Waals surface area contributed by atoms with E-state index < -0.39 is 0 Å². The van der Waals surface area contributed by atoms with Crippen LogP contribution in [-0.4, -0.2) is 60.6 Å². The average molecular weight is 279 g/mol. The number of likely N-dealkylation sites (tertiary alicyclic amines) is 2. The molecule has 1 unspecified atom stereocenters. The highest BCUT2D eigenvalue weighted by Gasteiger charge is 2.29. The van der Waals surface area contributed by atoms with Gasteiger partial charge in [-0.25, -0.2) is 0 Å². The highest BCUT2D eigenvalue weighted by molar-refractivity contribution is 4.87. The first-order valence-corrected chi connectivity index (χ1v) is 9.08. The van der Waals surface area contributed by atoms with Gasteiger partial charge in [-0.1, -0.05) is 13.3 Å². The van der Waals surface area contributed by atoms with Crippen molar-refractivity contribution in [2.45, 2.75) is 76.4 Å². The molecule has 2 aliphatic heterocycles. The molecule has 3 aliphatic rings. The number of rotatable bonds is 6. The Balaban J connectivity index is 1.41. The third-order valence-corrected chi connectivity index (χ3v) is 5.61. The lowest BCUT2D eigenvalue weighted by atomic mass is 9.98. The second-order valence-corrected chi connectivity index (χ2v) is 7.11. The lowest BCUT2D eigenvalue weighted by Gasteiger charge is -2.42. The third-order valence-electron chi connectivity index (χ3n) is 5.61. The van der Waals surface area contributed by atoms with Gasteiger partial charge < -0.3 is 10.2 Å². The minimum absolute atomic E-state index is 0.776. The molecule has 1 N–H and O–H groups in total. The Labute approximate surface area is 125 Å². The van der Waals surface area contributed by atoms with Gasteiger partial charge in [0, 0.05) is 24.7 Å². The van der Waals surface area contributed by atoms with Crippen molar-refractivity contribution in [1.29, 1.82) is 0 Å². The highest BCUT2D eigenvalue weighted by atomic mass is 15.2. The number of piperidine rings is 2. The van der Waals surface area contributed by atoms with Crippen LogP contribution in [0.15, 0.2) is 0 Å². The molecule has 0 spiro atoms. The Bertz CT molecular complexity index is 276. The van der Waals surface area contributed by atoms with Crippen molar-refractivity contribution < 1.29 is 0 Å². The van der Waals surface area contributed by atoms with E-state index in [1.807, 2.05) is 0 Å². The van der Waals surface area contributed by atoms with Crippen LogP contribution in [0.25, 0.3) is 0 Å². The van der Waals surface area contributed by atoms with E-state index >= 15 is 0 Å². The van der Waals surface area contributed by atoms with Crippen molar-refractivity contribution in [1.82, 2.24) is 15.1 Å². The molecular formula is C17H33N3. The first-order valence-electron chi connectivity index (χ1n) is 9.08. The van der Waals surface area contributed by atoms with Crippen molar-refractivity contribution >= 4 is 0 Å². The molecule has 3 heteroatoms. The molecule has 1 saturated carbocycles. The Hall–Kier alpha value is -0.120. The van der Waals surface area contributed by atoms with Gasteiger partial charge in [-0.05, 0) is 71.1 Å². The third kappa shape index (κ3) is 3.96. The quantitative estimate of drug-likeness (QED) is 0.806. The molecule has 0 aromatic rings. The molecule has 0 bridgehead atoms. The molecule has 20 heavy (non-hydrogen) atoms. The first-order chi connectivity index (χ1) is 9.86. The van der Waals surface area contributed by atoms with E-state index in [9.17, 15) is 0 Å². The Morgan fingerprint density at radius 1 is 0.950 bits per heavy atom. The van der Waals surface area contributed by atoms with Gasteiger partial charge in [-0.3, -0.25) is 4.90 Å². The normalized spacial score (nSPS) is 28.6. The fraction of sp³-hybridized carbons (Fsp3) is 1.00. The SMILES string of the molecule is CCC(CNC1CC1)N1CCC(N2CCCCC2)CC1. The van der Waals surface area contributed by atoms with Crippen LogP contribution < -0.4 is 5.32 Å². The summed E-state index contributed by atoms with van der Waals surface area (Å²) in [6, 6.07) is 2.52. The molecule has 1 aliphatic carbocycles. The number of hydrogen-bond acceptors (Lipinski definition) is 3. The van der Waals surface area contributed by atoms with Crippen molar-refractivity contribution in [3.8, 4) is 0 Å². The fourth-order valence-corrected chi connectivity index (χ4v) is 4.02. The van der Waals surface area contributed by atoms with Gasteiger partial charge in [0.1, 0.15) is 0 Å². The smallest absolute Gasteiger partial charge is 0.0218 e. The molecule has 0 amide bonds. The Morgan fingerprint density at radius 2 is 1.65 bits per heavy atom. The molecule has 3 nitrogen and oxygen atoms in total. The van der Waals surface area contributed by atoms with E-state index in [1.54, 1.807) is 0 Å². The number of nitrogens with one attached hydrogen (secondary N) is 1. The largest absolute Gasteiger partial charge is 0.312 e. The van der Waals surface area contributed by atoms with Gasteiger partial charge in [0.15, 0.2) is 0 Å². The summed E-state index contributed by atoms with van der Waals surface area (Å²) in [7, 11) is 0. The van der Waals surface area contributed by atoms with Crippen LogP contribution in [0.2, 0.25) is 0 Å². The fourth-order valence-electron chi connectivity index (χ4n) is 4.02. The summed E-state index contributed by atoms with van der Waals surface area (Å²) in [5, 5.41) is 3.73. The Morgan fingerprint density at radius 3 is 2.25 bits per heavy atom. The molecule has 2 heterocycles. The van der Waals surface area contributed by atoms with Crippen LogP contribution in [0.1, 0.15) is 58.3 Å². The predicted octanol–water partition coefficient (Wildman–Crippen LogP) is 2.47. The molecule has 116 valence electrons. The topological polar surface area (TPSA) is 18.5 Å². The predicted molar refractivity (Wildman–Crippen MR) is 85.1 cm³/mol. The zero-order valence-corrected chi connectivity index (χ0v) is 13.3. The van der Waals surface area contributed by atoms with Gasteiger partial charge in [0.05, 0.1) is 0 Å². The second kappa shape index (κ2) is 7.24. The van der Waals surface area contributed by atoms with E-state index in [0.29, 0.717) is 0 Å². The van der Waals surface area contributed by atoms with Gasteiger partial charge in [0.25, 0.3) is 0 Å². The monoisotopic (exact) mass is 279 g/mol. The minimum atomic E-state index is 0.776. The zero-order chi connectivity index (χ0) is 13.8. The maximum atomic E-state index is 3.73. The van der Waals surface area contributed by atoms with Crippen molar-refractivity contribution in [2.24, 2.45) is 0 Å². The highest BCUT2D eigenvalue weighted by Crippen LogP contribution is 2.23. The average Bonchev–Trinajstić information content (AvgIpc) is 3.34. The lowest BCUT2D eigenvalue weighted by Crippen LogP contribution is -2.51. The molecule has 1 atom stereocenters. The second-order valence-electron chi connectivity index (χ2n) is 7.11. The van der Waals surface area contributed by atoms with E-state index in [2.05, 4.69) is 22.0 Å². The summed E-state index contributed by atoms with van der Waals surface area (Å²) in [5.74, 6) is 0. The molecule has 0 aromatic carbocycles. The minimum Gasteiger partial charge on any atom is -0.312 e. The number of nitrogens with zero attached hydrogens (tertiary/aromatic N) is 2. The summed E-state index contributed by atoms with van der Waals surface area (Å²) in [5.41, 5.74) is 0. The van der Waals surface area contributed by atoms with Crippen LogP contribution in [0.4, 0.5) is 0 Å². The summed E-state index contributed by atoms with van der Waals surface area (Å²) < 4.78 is 0. The van der Waals surface area contributed by atoms with E-state index in [0.717, 1.165) is 18.1 Å². The molecule has 0 aromatic heterocycles. The standard InChI is InChI=1S/C17H33N3/c1-2-16(14-18-15-6-7-15)20-12-8-17(9-13-20)19-10-4-3-5-11-19/h15-18H,2-14H2,1H3. The number of hydrogen-bond donors (Lipinski definition) is 1. The summed E-state index contributed by atoms with van der Waals surface area (Å²) in [4.78, 5) is 5.54. The molecule has 3 fully saturated rings. The zero-order valence-electron chi connectivity index (χ0n) is 13.3. The van der Waals surface area contributed by atoms with Gasteiger partial charge in [0.2, 0.25) is 0 Å². The first kappa shape index (κ1) is 14.8. The van der Waals surface area contributed by atoms with E-state index in [1.165, 1.54) is 84.1 Å². The van der Waals surface area contributed by atoms with Crippen LogP contribution in [-0.2, 0) is 0 Å². The van der Waals surface area contributed by atoms with Crippen molar-refractivity contribution in [3.63, 3.8) is 0 Å². The van der Waals surface area contributed by atoms with Crippen molar-refractivity contribution in [2.75, 3.05) is 32.7 Å². The van der Waals surface area contributed by atoms with Gasteiger partial charge in [-0.2, -0.15) is 0 Å². The van der Waals surface area contributed by atoms with Crippen LogP contribution >= 0.6 is 0 Å². The molecular weight excluding hydrogens is 246 g/mol. The van der Waals surface area contributed by atoms with Crippen LogP contribution in [0.5, 0.6) is 0 Å². The lowest BCUT2D eigenvalue weighted by molar-refractivity contribution is 0.0706. The summed E-state index contributed by atoms with van der Waals surface area (Å²) >= 11 is 0. The summed E-state index contributed by atoms with van der Waals surface area (Å²) in [6.45, 7) is 8.96. The van der Waals surface area contributed by atoms with Gasteiger partial charge in [-0.15, -0.1) is 0 Å². The van der Waals surface area contributed by atoms with E-state index in [-0.39, 0.29) is 0 Å². The van der Waals surface area contributed by atoms with Crippen LogP contribution in [0, 0.1) is 0 Å². The summed E-state index contributed by atoms with van der Waals surface area (Å²) in [6.07, 6.45) is 11.3. The Kier molecular flexibility index (Phi) is 5.36. The van der Waals surface area contributed by atoms with Crippen LogP contribution in [0.3, 0.4) is 0 Å².